The topological polar surface area (TPSA) is 51.6 Å². The van der Waals surface area contributed by atoms with Gasteiger partial charge < -0.3 is 0 Å². The van der Waals surface area contributed by atoms with Crippen LogP contribution in [0.2, 0.25) is 0 Å². The van der Waals surface area contributed by atoms with Gasteiger partial charge in [-0.3, -0.25) is 4.98 Å². The lowest BCUT2D eigenvalue weighted by molar-refractivity contribution is 0.660. The first-order chi connectivity index (χ1) is 25.3. The first kappa shape index (κ1) is 30.6. The van der Waals surface area contributed by atoms with Crippen LogP contribution in [0.4, 0.5) is 0 Å². The summed E-state index contributed by atoms with van der Waals surface area (Å²) in [5.74, 6) is 1.98. The third-order valence-electron chi connectivity index (χ3n) is 11.4. The van der Waals surface area contributed by atoms with E-state index in [2.05, 4.69) is 166 Å². The van der Waals surface area contributed by atoms with E-state index in [1.54, 1.807) is 0 Å². The minimum atomic E-state index is -0.131. The fourth-order valence-electron chi connectivity index (χ4n) is 8.60. The SMILES string of the molecule is CC1(C)c2ccccc2-c2ccc(-c3nc(-c4ccc(-c5cncc6ccccc56)cc4)nc(-c4ccc5c(c4)C(C)(C)c4ccccc4-5)n3)cc21. The molecule has 0 radical (unpaired) electrons. The second-order valence-electron chi connectivity index (χ2n) is 15.2. The zero-order chi connectivity index (χ0) is 35.2. The Hall–Kier alpha value is -6.26. The van der Waals surface area contributed by atoms with Crippen molar-refractivity contribution < 1.29 is 0 Å². The van der Waals surface area contributed by atoms with Gasteiger partial charge in [0.2, 0.25) is 0 Å². The third kappa shape index (κ3) is 4.53. The molecule has 0 spiro atoms. The van der Waals surface area contributed by atoms with Crippen molar-refractivity contribution in [2.45, 2.75) is 38.5 Å². The lowest BCUT2D eigenvalue weighted by Crippen LogP contribution is -2.15. The summed E-state index contributed by atoms with van der Waals surface area (Å²) in [4.78, 5) is 20.1. The number of pyridine rings is 1. The zero-order valence-corrected chi connectivity index (χ0v) is 29.6. The summed E-state index contributed by atoms with van der Waals surface area (Å²) >= 11 is 0. The highest BCUT2D eigenvalue weighted by molar-refractivity contribution is 5.96. The fourth-order valence-corrected chi connectivity index (χ4v) is 8.60. The van der Waals surface area contributed by atoms with Gasteiger partial charge in [0.25, 0.3) is 0 Å². The largest absolute Gasteiger partial charge is 0.263 e. The summed E-state index contributed by atoms with van der Waals surface area (Å²) in [5, 5.41) is 2.30. The molecule has 0 N–H and O–H groups in total. The molecule has 0 saturated carbocycles. The number of aromatic nitrogens is 4. The summed E-state index contributed by atoms with van der Waals surface area (Å²) < 4.78 is 0. The van der Waals surface area contributed by atoms with E-state index < -0.39 is 0 Å². The van der Waals surface area contributed by atoms with Crippen LogP contribution in [0.1, 0.15) is 49.9 Å². The Labute approximate surface area is 304 Å². The minimum absolute atomic E-state index is 0.131. The van der Waals surface area contributed by atoms with Crippen LogP contribution in [0.15, 0.2) is 146 Å². The lowest BCUT2D eigenvalue weighted by atomic mass is 9.82. The van der Waals surface area contributed by atoms with E-state index in [0.29, 0.717) is 17.5 Å². The van der Waals surface area contributed by atoms with Gasteiger partial charge in [-0.2, -0.15) is 0 Å². The van der Waals surface area contributed by atoms with Gasteiger partial charge in [-0.05, 0) is 67.6 Å². The van der Waals surface area contributed by atoms with Crippen molar-refractivity contribution in [2.75, 3.05) is 0 Å². The monoisotopic (exact) mass is 668 g/mol. The molecular formula is C48H36N4. The highest BCUT2D eigenvalue weighted by Crippen LogP contribution is 2.51. The predicted molar refractivity (Wildman–Crippen MR) is 212 cm³/mol. The van der Waals surface area contributed by atoms with Gasteiger partial charge in [0.1, 0.15) is 0 Å². The van der Waals surface area contributed by atoms with E-state index in [-0.39, 0.29) is 10.8 Å². The Morgan fingerprint density at radius 3 is 1.38 bits per heavy atom. The molecule has 0 bridgehead atoms. The minimum Gasteiger partial charge on any atom is -0.263 e. The van der Waals surface area contributed by atoms with E-state index in [1.807, 2.05) is 12.4 Å². The van der Waals surface area contributed by atoms with Crippen LogP contribution in [0.3, 0.4) is 0 Å². The maximum Gasteiger partial charge on any atom is 0.164 e. The molecule has 0 unspecified atom stereocenters. The second-order valence-corrected chi connectivity index (χ2v) is 15.2. The van der Waals surface area contributed by atoms with Crippen molar-refractivity contribution in [3.05, 3.63) is 168 Å². The van der Waals surface area contributed by atoms with Gasteiger partial charge >= 0.3 is 0 Å². The van der Waals surface area contributed by atoms with Crippen LogP contribution in [-0.2, 0) is 10.8 Å². The molecule has 0 atom stereocenters. The van der Waals surface area contributed by atoms with Gasteiger partial charge in [0, 0.05) is 50.9 Å². The van der Waals surface area contributed by atoms with Gasteiger partial charge in [0.15, 0.2) is 17.5 Å². The van der Waals surface area contributed by atoms with Crippen molar-refractivity contribution >= 4 is 10.8 Å². The standard InChI is InChI=1S/C48H36N4/c1-47(2)40-15-9-7-13-35(40)37-23-21-31(25-42(37)47)45-50-44(30-19-17-29(18-20-30)39-28-49-27-33-11-5-6-12-34(33)39)51-46(52-45)32-22-24-38-36-14-8-10-16-41(36)48(3,4)43(38)26-32/h5-28H,1-4H3. The zero-order valence-electron chi connectivity index (χ0n) is 29.6. The molecule has 2 aromatic heterocycles. The molecule has 2 aliphatic rings. The van der Waals surface area contributed by atoms with Gasteiger partial charge in [-0.25, -0.2) is 15.0 Å². The molecule has 0 amide bonds. The highest BCUT2D eigenvalue weighted by Gasteiger charge is 2.37. The quantitative estimate of drug-likeness (QED) is 0.187. The number of hydrogen-bond acceptors (Lipinski definition) is 4. The van der Waals surface area contributed by atoms with Crippen LogP contribution in [0, 0.1) is 0 Å². The summed E-state index contributed by atoms with van der Waals surface area (Å²) in [7, 11) is 0. The van der Waals surface area contributed by atoms with Crippen LogP contribution in [-0.4, -0.2) is 19.9 Å². The van der Waals surface area contributed by atoms with Crippen molar-refractivity contribution in [3.8, 4) is 67.5 Å². The summed E-state index contributed by atoms with van der Waals surface area (Å²) in [5.41, 5.74) is 15.3. The summed E-state index contributed by atoms with van der Waals surface area (Å²) in [6, 6.07) is 47.8. The molecule has 2 aliphatic carbocycles. The van der Waals surface area contributed by atoms with Gasteiger partial charge in [-0.15, -0.1) is 0 Å². The number of nitrogens with zero attached hydrogens (tertiary/aromatic N) is 4. The average molecular weight is 669 g/mol. The van der Waals surface area contributed by atoms with Crippen molar-refractivity contribution in [2.24, 2.45) is 0 Å². The molecule has 4 heteroatoms. The normalized spacial score (nSPS) is 14.5. The van der Waals surface area contributed by atoms with E-state index in [9.17, 15) is 0 Å². The highest BCUT2D eigenvalue weighted by atomic mass is 15.0. The predicted octanol–water partition coefficient (Wildman–Crippen LogP) is 11.7. The Kier molecular flexibility index (Phi) is 6.53. The van der Waals surface area contributed by atoms with Crippen molar-refractivity contribution in [1.82, 2.24) is 19.9 Å². The molecule has 10 rings (SSSR count). The molecule has 0 aliphatic heterocycles. The van der Waals surface area contributed by atoms with Gasteiger partial charge in [-0.1, -0.05) is 149 Å². The molecule has 2 heterocycles. The molecular weight excluding hydrogens is 633 g/mol. The molecule has 0 saturated heterocycles. The molecule has 6 aromatic carbocycles. The second kappa shape index (κ2) is 11.1. The smallest absolute Gasteiger partial charge is 0.164 e. The molecule has 248 valence electrons. The molecule has 0 fully saturated rings. The van der Waals surface area contributed by atoms with Crippen LogP contribution >= 0.6 is 0 Å². The van der Waals surface area contributed by atoms with E-state index >= 15 is 0 Å². The maximum atomic E-state index is 5.21. The Morgan fingerprint density at radius 1 is 0.365 bits per heavy atom. The molecule has 8 aromatic rings. The number of fused-ring (bicyclic) bond motifs is 7. The average Bonchev–Trinajstić information content (AvgIpc) is 3.56. The van der Waals surface area contributed by atoms with Crippen LogP contribution in [0.25, 0.3) is 78.3 Å². The first-order valence-corrected chi connectivity index (χ1v) is 18.0. The van der Waals surface area contributed by atoms with Crippen LogP contribution < -0.4 is 0 Å². The summed E-state index contributed by atoms with van der Waals surface area (Å²) in [6.45, 7) is 9.23. The fraction of sp³-hybridized carbons (Fsp3) is 0.125. The lowest BCUT2D eigenvalue weighted by Gasteiger charge is -2.22. The van der Waals surface area contributed by atoms with Crippen molar-refractivity contribution in [3.63, 3.8) is 0 Å². The van der Waals surface area contributed by atoms with Crippen molar-refractivity contribution in [1.29, 1.82) is 0 Å². The molecule has 52 heavy (non-hydrogen) atoms. The molecule has 4 nitrogen and oxygen atoms in total. The Bertz CT molecular complexity index is 2610. The van der Waals surface area contributed by atoms with Crippen LogP contribution in [0.5, 0.6) is 0 Å². The number of rotatable bonds is 4. The van der Waals surface area contributed by atoms with Gasteiger partial charge in [0.05, 0.1) is 0 Å². The Morgan fingerprint density at radius 2 is 0.808 bits per heavy atom. The first-order valence-electron chi connectivity index (χ1n) is 18.0. The number of hydrogen-bond donors (Lipinski definition) is 0. The summed E-state index contributed by atoms with van der Waals surface area (Å²) in [6.07, 6.45) is 3.86. The maximum absolute atomic E-state index is 5.21. The van der Waals surface area contributed by atoms with E-state index in [0.717, 1.165) is 33.2 Å². The van der Waals surface area contributed by atoms with E-state index in [1.165, 1.54) is 49.9 Å². The third-order valence-corrected chi connectivity index (χ3v) is 11.4. The Balaban J connectivity index is 1.12. The number of benzene rings is 6. The van der Waals surface area contributed by atoms with E-state index in [4.69, 9.17) is 15.0 Å².